The molecular weight excluding hydrogens is 272 g/mol. The molecule has 2 aromatic rings. The zero-order chi connectivity index (χ0) is 14.4. The van der Waals surface area contributed by atoms with Crippen LogP contribution >= 0.6 is 11.6 Å². The van der Waals surface area contributed by atoms with Crippen LogP contribution in [0.3, 0.4) is 0 Å². The van der Waals surface area contributed by atoms with Gasteiger partial charge in [0, 0.05) is 29.4 Å². The molecule has 0 bridgehead atoms. The first-order chi connectivity index (χ1) is 9.67. The van der Waals surface area contributed by atoms with Gasteiger partial charge in [-0.15, -0.1) is 0 Å². The minimum absolute atomic E-state index is 0.0889. The van der Waals surface area contributed by atoms with Crippen LogP contribution in [0.25, 0.3) is 0 Å². The van der Waals surface area contributed by atoms with E-state index in [4.69, 9.17) is 22.1 Å². The van der Waals surface area contributed by atoms with Crippen LogP contribution in [0, 0.1) is 0 Å². The third-order valence-corrected chi connectivity index (χ3v) is 3.26. The molecule has 1 unspecified atom stereocenters. The lowest BCUT2D eigenvalue weighted by Crippen LogP contribution is -2.30. The number of rotatable bonds is 6. The molecule has 0 fully saturated rings. The van der Waals surface area contributed by atoms with Crippen molar-refractivity contribution in [3.8, 4) is 5.75 Å². The van der Waals surface area contributed by atoms with E-state index in [-0.39, 0.29) is 6.04 Å². The molecule has 2 rings (SSSR count). The van der Waals surface area contributed by atoms with Crippen LogP contribution < -0.4 is 10.5 Å². The Hall–Kier alpha value is -1.58. The van der Waals surface area contributed by atoms with Gasteiger partial charge < -0.3 is 10.5 Å². The van der Waals surface area contributed by atoms with Crippen LogP contribution in [0.5, 0.6) is 5.75 Å². The van der Waals surface area contributed by atoms with Crippen LogP contribution in [0.4, 0.5) is 0 Å². The summed E-state index contributed by atoms with van der Waals surface area (Å²) in [6.07, 6.45) is 3.60. The Labute approximate surface area is 124 Å². The van der Waals surface area contributed by atoms with Crippen molar-refractivity contribution in [1.29, 1.82) is 0 Å². The van der Waals surface area contributed by atoms with Gasteiger partial charge in [-0.05, 0) is 36.2 Å². The van der Waals surface area contributed by atoms with E-state index in [9.17, 15) is 0 Å². The monoisotopic (exact) mass is 290 g/mol. The highest BCUT2D eigenvalue weighted by Crippen LogP contribution is 2.17. The SMILES string of the molecule is CCc1ccc(CC(N)COc2cccc(Cl)c2)nc1. The molecule has 0 aliphatic carbocycles. The van der Waals surface area contributed by atoms with Gasteiger partial charge in [0.25, 0.3) is 0 Å². The van der Waals surface area contributed by atoms with Crippen molar-refractivity contribution in [3.05, 3.63) is 58.9 Å². The van der Waals surface area contributed by atoms with Gasteiger partial charge in [-0.1, -0.05) is 30.7 Å². The summed E-state index contributed by atoms with van der Waals surface area (Å²) in [7, 11) is 0. The van der Waals surface area contributed by atoms with E-state index in [0.29, 0.717) is 18.1 Å². The van der Waals surface area contributed by atoms with Gasteiger partial charge in [0.1, 0.15) is 12.4 Å². The molecule has 0 aliphatic heterocycles. The number of pyridine rings is 1. The molecule has 1 aromatic heterocycles. The maximum absolute atomic E-state index is 6.06. The first-order valence-electron chi connectivity index (χ1n) is 6.75. The minimum atomic E-state index is -0.0889. The molecule has 0 aliphatic rings. The van der Waals surface area contributed by atoms with Crippen molar-refractivity contribution in [2.45, 2.75) is 25.8 Å². The molecule has 0 saturated heterocycles. The first-order valence-corrected chi connectivity index (χ1v) is 7.13. The Morgan fingerprint density at radius 2 is 2.15 bits per heavy atom. The lowest BCUT2D eigenvalue weighted by Gasteiger charge is -2.13. The molecule has 1 aromatic carbocycles. The van der Waals surface area contributed by atoms with E-state index < -0.39 is 0 Å². The fraction of sp³-hybridized carbons (Fsp3) is 0.312. The van der Waals surface area contributed by atoms with E-state index in [1.165, 1.54) is 5.56 Å². The van der Waals surface area contributed by atoms with Crippen molar-refractivity contribution >= 4 is 11.6 Å². The third kappa shape index (κ3) is 4.51. The second kappa shape index (κ2) is 7.27. The number of benzene rings is 1. The minimum Gasteiger partial charge on any atom is -0.492 e. The second-order valence-electron chi connectivity index (χ2n) is 4.74. The van der Waals surface area contributed by atoms with Crippen molar-refractivity contribution in [2.75, 3.05) is 6.61 Å². The van der Waals surface area contributed by atoms with Crippen LogP contribution in [-0.2, 0) is 12.8 Å². The van der Waals surface area contributed by atoms with Gasteiger partial charge in [0.05, 0.1) is 0 Å². The standard InChI is InChI=1S/C16H19ClN2O/c1-2-12-6-7-15(19-10-12)9-14(18)11-20-16-5-3-4-13(17)8-16/h3-8,10,14H,2,9,11,18H2,1H3. The summed E-state index contributed by atoms with van der Waals surface area (Å²) >= 11 is 5.90. The fourth-order valence-corrected chi connectivity index (χ4v) is 2.05. The second-order valence-corrected chi connectivity index (χ2v) is 5.18. The summed E-state index contributed by atoms with van der Waals surface area (Å²) in [6.45, 7) is 2.55. The fourth-order valence-electron chi connectivity index (χ4n) is 1.87. The molecule has 2 N–H and O–H groups in total. The molecule has 3 nitrogen and oxygen atoms in total. The highest BCUT2D eigenvalue weighted by Gasteiger charge is 2.06. The van der Waals surface area contributed by atoms with E-state index in [1.807, 2.05) is 30.5 Å². The molecule has 0 amide bonds. The summed E-state index contributed by atoms with van der Waals surface area (Å²) in [5.74, 6) is 0.738. The number of aryl methyl sites for hydroxylation is 1. The van der Waals surface area contributed by atoms with Gasteiger partial charge in [-0.25, -0.2) is 0 Å². The number of halogens is 1. The summed E-state index contributed by atoms with van der Waals surface area (Å²) < 4.78 is 5.63. The smallest absolute Gasteiger partial charge is 0.120 e. The van der Waals surface area contributed by atoms with Crippen LogP contribution in [0.2, 0.25) is 5.02 Å². The summed E-state index contributed by atoms with van der Waals surface area (Å²) in [6, 6.07) is 11.3. The van der Waals surface area contributed by atoms with Crippen LogP contribution in [0.15, 0.2) is 42.6 Å². The molecule has 20 heavy (non-hydrogen) atoms. The zero-order valence-corrected chi connectivity index (χ0v) is 12.3. The van der Waals surface area contributed by atoms with E-state index in [2.05, 4.69) is 18.0 Å². The first kappa shape index (κ1) is 14.8. The molecular formula is C16H19ClN2O. The largest absolute Gasteiger partial charge is 0.492 e. The predicted molar refractivity (Wildman–Crippen MR) is 82.2 cm³/mol. The maximum atomic E-state index is 6.06. The summed E-state index contributed by atoms with van der Waals surface area (Å²) in [4.78, 5) is 4.40. The Morgan fingerprint density at radius 3 is 2.80 bits per heavy atom. The molecule has 1 heterocycles. The Kier molecular flexibility index (Phi) is 5.39. The van der Waals surface area contributed by atoms with Gasteiger partial charge in [-0.3, -0.25) is 4.98 Å². The van der Waals surface area contributed by atoms with Gasteiger partial charge in [0.15, 0.2) is 0 Å². The normalized spacial score (nSPS) is 12.2. The maximum Gasteiger partial charge on any atom is 0.120 e. The third-order valence-electron chi connectivity index (χ3n) is 3.03. The quantitative estimate of drug-likeness (QED) is 0.888. The number of ether oxygens (including phenoxy) is 1. The molecule has 1 atom stereocenters. The number of nitrogens with two attached hydrogens (primary N) is 1. The molecule has 0 saturated carbocycles. The highest BCUT2D eigenvalue weighted by atomic mass is 35.5. The lowest BCUT2D eigenvalue weighted by atomic mass is 10.1. The molecule has 0 spiro atoms. The topological polar surface area (TPSA) is 48.1 Å². The van der Waals surface area contributed by atoms with Gasteiger partial charge in [0.2, 0.25) is 0 Å². The van der Waals surface area contributed by atoms with Crippen LogP contribution in [0.1, 0.15) is 18.2 Å². The zero-order valence-electron chi connectivity index (χ0n) is 11.6. The number of hydrogen-bond acceptors (Lipinski definition) is 3. The van der Waals surface area contributed by atoms with Crippen molar-refractivity contribution in [2.24, 2.45) is 5.73 Å². The van der Waals surface area contributed by atoms with Gasteiger partial charge >= 0.3 is 0 Å². The Morgan fingerprint density at radius 1 is 1.30 bits per heavy atom. The Balaban J connectivity index is 1.84. The average Bonchev–Trinajstić information content (AvgIpc) is 2.46. The van der Waals surface area contributed by atoms with Crippen molar-refractivity contribution in [3.63, 3.8) is 0 Å². The number of nitrogens with zero attached hydrogens (tertiary/aromatic N) is 1. The molecule has 4 heteroatoms. The summed E-state index contributed by atoms with van der Waals surface area (Å²) in [5, 5.41) is 0.660. The van der Waals surface area contributed by atoms with E-state index in [0.717, 1.165) is 17.9 Å². The average molecular weight is 291 g/mol. The van der Waals surface area contributed by atoms with Crippen LogP contribution in [-0.4, -0.2) is 17.6 Å². The Bertz CT molecular complexity index is 542. The van der Waals surface area contributed by atoms with E-state index >= 15 is 0 Å². The molecule has 0 radical (unpaired) electrons. The summed E-state index contributed by atoms with van der Waals surface area (Å²) in [5.41, 5.74) is 8.29. The van der Waals surface area contributed by atoms with Gasteiger partial charge in [-0.2, -0.15) is 0 Å². The van der Waals surface area contributed by atoms with Crippen molar-refractivity contribution in [1.82, 2.24) is 4.98 Å². The van der Waals surface area contributed by atoms with Crippen molar-refractivity contribution < 1.29 is 4.74 Å². The predicted octanol–water partition coefficient (Wildman–Crippen LogP) is 3.25. The number of hydrogen-bond donors (Lipinski definition) is 1. The highest BCUT2D eigenvalue weighted by molar-refractivity contribution is 6.30. The number of aromatic nitrogens is 1. The lowest BCUT2D eigenvalue weighted by molar-refractivity contribution is 0.287. The molecule has 106 valence electrons. The van der Waals surface area contributed by atoms with E-state index in [1.54, 1.807) is 6.07 Å².